The molecule has 2 aliphatic rings. The lowest BCUT2D eigenvalue weighted by Crippen LogP contribution is -2.40. The number of hydrogen-bond acceptors (Lipinski definition) is 3. The SMILES string of the molecule is CC(C(=O)OC1CCC2(COC2)C1)c1cccc(F)c1. The number of halogens is 1. The molecule has 1 saturated heterocycles. The minimum absolute atomic E-state index is 0.0117. The zero-order chi connectivity index (χ0) is 14.2. The maximum Gasteiger partial charge on any atom is 0.313 e. The second kappa shape index (κ2) is 5.17. The predicted molar refractivity (Wildman–Crippen MR) is 71.8 cm³/mol. The highest BCUT2D eigenvalue weighted by Crippen LogP contribution is 2.45. The molecule has 1 heterocycles. The highest BCUT2D eigenvalue weighted by molar-refractivity contribution is 5.77. The van der Waals surface area contributed by atoms with Gasteiger partial charge in [-0.2, -0.15) is 0 Å². The molecule has 3 rings (SSSR count). The molecule has 1 aromatic rings. The zero-order valence-corrected chi connectivity index (χ0v) is 11.6. The standard InChI is InChI=1S/C16H19FO3/c1-11(12-3-2-4-13(17)7-12)15(18)20-14-5-6-16(8-14)9-19-10-16/h2-4,7,11,14H,5-6,8-10H2,1H3. The number of carbonyl (C=O) groups excluding carboxylic acids is 1. The van der Waals surface area contributed by atoms with Crippen molar-refractivity contribution in [3.05, 3.63) is 35.6 Å². The molecular weight excluding hydrogens is 259 g/mol. The van der Waals surface area contributed by atoms with Crippen LogP contribution in [0.1, 0.15) is 37.7 Å². The Morgan fingerprint density at radius 1 is 1.50 bits per heavy atom. The lowest BCUT2D eigenvalue weighted by molar-refractivity contribution is -0.153. The van der Waals surface area contributed by atoms with Crippen molar-refractivity contribution >= 4 is 5.97 Å². The predicted octanol–water partition coefficient (Wildman–Crippen LogP) is 3.04. The summed E-state index contributed by atoms with van der Waals surface area (Å²) in [4.78, 5) is 12.2. The van der Waals surface area contributed by atoms with Crippen molar-refractivity contribution in [1.29, 1.82) is 0 Å². The molecule has 0 radical (unpaired) electrons. The fraction of sp³-hybridized carbons (Fsp3) is 0.562. The van der Waals surface area contributed by atoms with E-state index in [4.69, 9.17) is 9.47 Å². The van der Waals surface area contributed by atoms with E-state index in [1.807, 2.05) is 0 Å². The van der Waals surface area contributed by atoms with Gasteiger partial charge in [-0.1, -0.05) is 12.1 Å². The zero-order valence-electron chi connectivity index (χ0n) is 11.6. The number of ether oxygens (including phenoxy) is 2. The third kappa shape index (κ3) is 2.57. The normalized spacial score (nSPS) is 25.2. The number of hydrogen-bond donors (Lipinski definition) is 0. The van der Waals surface area contributed by atoms with Gasteiger partial charge in [-0.25, -0.2) is 4.39 Å². The Bertz CT molecular complexity index is 510. The summed E-state index contributed by atoms with van der Waals surface area (Å²) in [5.41, 5.74) is 0.919. The molecule has 3 nitrogen and oxygen atoms in total. The highest BCUT2D eigenvalue weighted by Gasteiger charge is 2.46. The number of esters is 1. The van der Waals surface area contributed by atoms with Crippen LogP contribution in [0.5, 0.6) is 0 Å². The van der Waals surface area contributed by atoms with Crippen molar-refractivity contribution in [3.8, 4) is 0 Å². The van der Waals surface area contributed by atoms with Gasteiger partial charge >= 0.3 is 5.97 Å². The molecule has 1 saturated carbocycles. The quantitative estimate of drug-likeness (QED) is 0.797. The van der Waals surface area contributed by atoms with E-state index >= 15 is 0 Å². The van der Waals surface area contributed by atoms with Gasteiger partial charge in [-0.3, -0.25) is 4.79 Å². The molecule has 1 aliphatic heterocycles. The van der Waals surface area contributed by atoms with Crippen molar-refractivity contribution in [2.75, 3.05) is 13.2 Å². The molecule has 4 heteroatoms. The summed E-state index contributed by atoms with van der Waals surface area (Å²) in [7, 11) is 0. The summed E-state index contributed by atoms with van der Waals surface area (Å²) in [6.07, 6.45) is 2.86. The third-order valence-electron chi connectivity index (χ3n) is 4.46. The number of rotatable bonds is 3. The van der Waals surface area contributed by atoms with Crippen molar-refractivity contribution in [2.45, 2.75) is 38.2 Å². The van der Waals surface area contributed by atoms with Gasteiger partial charge in [-0.15, -0.1) is 0 Å². The summed E-state index contributed by atoms with van der Waals surface area (Å²) >= 11 is 0. The average molecular weight is 278 g/mol. The van der Waals surface area contributed by atoms with Crippen molar-refractivity contribution in [2.24, 2.45) is 5.41 Å². The summed E-state index contributed by atoms with van der Waals surface area (Å²) < 4.78 is 24.0. The fourth-order valence-corrected chi connectivity index (χ4v) is 3.09. The molecule has 0 N–H and O–H groups in total. The Morgan fingerprint density at radius 2 is 2.30 bits per heavy atom. The van der Waals surface area contributed by atoms with Crippen LogP contribution in [-0.4, -0.2) is 25.3 Å². The van der Waals surface area contributed by atoms with Gasteiger partial charge in [0.15, 0.2) is 0 Å². The molecule has 2 fully saturated rings. The molecule has 2 atom stereocenters. The van der Waals surface area contributed by atoms with Crippen LogP contribution >= 0.6 is 0 Å². The van der Waals surface area contributed by atoms with Gasteiger partial charge in [0, 0.05) is 5.41 Å². The van der Waals surface area contributed by atoms with Crippen molar-refractivity contribution < 1.29 is 18.7 Å². The van der Waals surface area contributed by atoms with Gasteiger partial charge in [-0.05, 0) is 43.9 Å². The van der Waals surface area contributed by atoms with Crippen LogP contribution in [-0.2, 0) is 14.3 Å². The number of carbonyl (C=O) groups is 1. The summed E-state index contributed by atoms with van der Waals surface area (Å²) in [5, 5.41) is 0. The van der Waals surface area contributed by atoms with Gasteiger partial charge in [0.1, 0.15) is 11.9 Å². The minimum Gasteiger partial charge on any atom is -0.462 e. The topological polar surface area (TPSA) is 35.5 Å². The number of benzene rings is 1. The first-order chi connectivity index (χ1) is 9.58. The van der Waals surface area contributed by atoms with E-state index in [0.29, 0.717) is 5.56 Å². The maximum absolute atomic E-state index is 13.2. The highest BCUT2D eigenvalue weighted by atomic mass is 19.1. The van der Waals surface area contributed by atoms with E-state index in [9.17, 15) is 9.18 Å². The van der Waals surface area contributed by atoms with Crippen molar-refractivity contribution in [3.63, 3.8) is 0 Å². The Labute approximate surface area is 118 Å². The van der Waals surface area contributed by atoms with E-state index in [1.54, 1.807) is 19.1 Å². The van der Waals surface area contributed by atoms with E-state index < -0.39 is 5.92 Å². The molecule has 1 aromatic carbocycles. The Morgan fingerprint density at radius 3 is 2.90 bits per heavy atom. The molecule has 0 amide bonds. The first-order valence-corrected chi connectivity index (χ1v) is 7.12. The molecule has 20 heavy (non-hydrogen) atoms. The first-order valence-electron chi connectivity index (χ1n) is 7.12. The second-order valence-corrected chi connectivity index (χ2v) is 6.07. The van der Waals surface area contributed by atoms with Crippen LogP contribution in [0.15, 0.2) is 24.3 Å². The molecule has 0 aromatic heterocycles. The van der Waals surface area contributed by atoms with E-state index in [-0.39, 0.29) is 23.3 Å². The Balaban J connectivity index is 1.59. The summed E-state index contributed by atoms with van der Waals surface area (Å²) in [6.45, 7) is 3.34. The largest absolute Gasteiger partial charge is 0.462 e. The molecular formula is C16H19FO3. The third-order valence-corrected chi connectivity index (χ3v) is 4.46. The van der Waals surface area contributed by atoms with Crippen LogP contribution in [0.2, 0.25) is 0 Å². The van der Waals surface area contributed by atoms with Crippen LogP contribution < -0.4 is 0 Å². The molecule has 108 valence electrons. The van der Waals surface area contributed by atoms with Gasteiger partial charge in [0.25, 0.3) is 0 Å². The smallest absolute Gasteiger partial charge is 0.313 e. The van der Waals surface area contributed by atoms with E-state index in [1.165, 1.54) is 12.1 Å². The first kappa shape index (κ1) is 13.6. The van der Waals surface area contributed by atoms with Crippen molar-refractivity contribution in [1.82, 2.24) is 0 Å². The van der Waals surface area contributed by atoms with E-state index in [0.717, 1.165) is 32.5 Å². The fourth-order valence-electron chi connectivity index (χ4n) is 3.09. The Kier molecular flexibility index (Phi) is 3.50. The van der Waals surface area contributed by atoms with Crippen LogP contribution in [0.4, 0.5) is 4.39 Å². The van der Waals surface area contributed by atoms with Gasteiger partial charge in [0.2, 0.25) is 0 Å². The van der Waals surface area contributed by atoms with Crippen LogP contribution in [0.3, 0.4) is 0 Å². The minimum atomic E-state index is -0.431. The summed E-state index contributed by atoms with van der Waals surface area (Å²) in [5.74, 6) is -1.02. The Hall–Kier alpha value is -1.42. The molecule has 2 unspecified atom stereocenters. The summed E-state index contributed by atoms with van der Waals surface area (Å²) in [6, 6.07) is 6.14. The van der Waals surface area contributed by atoms with E-state index in [2.05, 4.69) is 0 Å². The lowest BCUT2D eigenvalue weighted by Gasteiger charge is -2.37. The maximum atomic E-state index is 13.2. The van der Waals surface area contributed by atoms with Gasteiger partial charge in [0.05, 0.1) is 19.1 Å². The lowest BCUT2D eigenvalue weighted by atomic mass is 9.84. The van der Waals surface area contributed by atoms with Crippen LogP contribution in [0.25, 0.3) is 0 Å². The molecule has 1 spiro atoms. The average Bonchev–Trinajstić information content (AvgIpc) is 2.82. The molecule has 0 bridgehead atoms. The van der Waals surface area contributed by atoms with Crippen LogP contribution in [0, 0.1) is 11.2 Å². The monoisotopic (exact) mass is 278 g/mol. The second-order valence-electron chi connectivity index (χ2n) is 6.07. The van der Waals surface area contributed by atoms with Gasteiger partial charge < -0.3 is 9.47 Å². The molecule has 1 aliphatic carbocycles.